The smallest absolute Gasteiger partial charge is 0.426 e. The van der Waals surface area contributed by atoms with E-state index in [4.69, 9.17) is 4.74 Å². The first-order chi connectivity index (χ1) is 17.8. The van der Waals surface area contributed by atoms with E-state index in [0.717, 1.165) is 44.1 Å². The number of hydrogen-bond acceptors (Lipinski definition) is 5. The van der Waals surface area contributed by atoms with Gasteiger partial charge < -0.3 is 14.2 Å². The van der Waals surface area contributed by atoms with Crippen LogP contribution >= 0.6 is 0 Å². The highest BCUT2D eigenvalue weighted by Gasteiger charge is 2.61. The monoisotopic (exact) mass is 528 g/mol. The summed E-state index contributed by atoms with van der Waals surface area (Å²) in [5.74, 6) is -0.0164. The third-order valence-corrected chi connectivity index (χ3v) is 5.87. The quantitative estimate of drug-likeness (QED) is 0.128. The molecule has 0 aliphatic rings. The van der Waals surface area contributed by atoms with Crippen LogP contribution in [0.5, 0.6) is 5.75 Å². The molecule has 0 spiro atoms. The van der Waals surface area contributed by atoms with Crippen LogP contribution in [-0.2, 0) is 15.9 Å². The fourth-order valence-corrected chi connectivity index (χ4v) is 3.67. The molecule has 2 aromatic rings. The lowest BCUT2D eigenvalue weighted by atomic mass is 10.1. The molecule has 0 saturated heterocycles. The maximum absolute atomic E-state index is 14.1. The van der Waals surface area contributed by atoms with E-state index in [-0.39, 0.29) is 6.61 Å². The van der Waals surface area contributed by atoms with Crippen LogP contribution in [0.3, 0.4) is 0 Å². The maximum atomic E-state index is 14.1. The van der Waals surface area contributed by atoms with Crippen LogP contribution in [0, 0.1) is 0 Å². The Bertz CT molecular complexity index is 865. The molecular formula is C28H40F4N2O3. The number of hydrogen-bond donors (Lipinski definition) is 0. The summed E-state index contributed by atoms with van der Waals surface area (Å²) in [6, 6.07) is 5.23. The third kappa shape index (κ3) is 11.3. The second kappa shape index (κ2) is 16.6. The fourth-order valence-electron chi connectivity index (χ4n) is 3.67. The number of aromatic nitrogens is 2. The molecule has 0 unspecified atom stereocenters. The van der Waals surface area contributed by atoms with E-state index in [1.165, 1.54) is 56.4 Å². The van der Waals surface area contributed by atoms with Crippen molar-refractivity contribution in [1.29, 1.82) is 0 Å². The summed E-state index contributed by atoms with van der Waals surface area (Å²) in [5, 5.41) is 0. The zero-order chi connectivity index (χ0) is 27.0. The summed E-state index contributed by atoms with van der Waals surface area (Å²) in [4.78, 5) is 8.68. The van der Waals surface area contributed by atoms with Crippen molar-refractivity contribution in [3.63, 3.8) is 0 Å². The SMILES string of the molecule is CCCCCCCCc1cnc(-c2ccc(OC(F)(F)C(F)(F)OCCOCCCCCC)cc2)nc1. The molecule has 0 saturated carbocycles. The van der Waals surface area contributed by atoms with Crippen LogP contribution in [0.15, 0.2) is 36.7 Å². The van der Waals surface area contributed by atoms with E-state index in [1.54, 1.807) is 12.4 Å². The number of nitrogens with zero attached hydrogens (tertiary/aromatic N) is 2. The van der Waals surface area contributed by atoms with E-state index in [2.05, 4.69) is 33.3 Å². The van der Waals surface area contributed by atoms with Gasteiger partial charge in [-0.2, -0.15) is 17.6 Å². The highest BCUT2D eigenvalue weighted by molar-refractivity contribution is 5.55. The molecule has 2 rings (SSSR count). The summed E-state index contributed by atoms with van der Waals surface area (Å²) >= 11 is 0. The lowest BCUT2D eigenvalue weighted by Gasteiger charge is -2.26. The van der Waals surface area contributed by atoms with Gasteiger partial charge in [-0.15, -0.1) is 0 Å². The molecule has 0 atom stereocenters. The Balaban J connectivity index is 1.79. The van der Waals surface area contributed by atoms with Gasteiger partial charge in [0.05, 0.1) is 13.2 Å². The number of benzene rings is 1. The van der Waals surface area contributed by atoms with Crippen LogP contribution in [-0.4, -0.2) is 42.0 Å². The summed E-state index contributed by atoms with van der Waals surface area (Å²) in [6.07, 6.45) is 5.83. The Labute approximate surface area is 217 Å². The summed E-state index contributed by atoms with van der Waals surface area (Å²) in [6.45, 7) is 3.75. The van der Waals surface area contributed by atoms with E-state index in [0.29, 0.717) is 18.0 Å². The molecule has 0 N–H and O–H groups in total. The van der Waals surface area contributed by atoms with Crippen LogP contribution in [0.1, 0.15) is 83.6 Å². The molecule has 208 valence electrons. The Morgan fingerprint density at radius 1 is 0.676 bits per heavy atom. The molecule has 37 heavy (non-hydrogen) atoms. The fraction of sp³-hybridized carbons (Fsp3) is 0.643. The van der Waals surface area contributed by atoms with Crippen molar-refractivity contribution in [2.45, 2.75) is 96.7 Å². The van der Waals surface area contributed by atoms with Gasteiger partial charge in [0.15, 0.2) is 5.82 Å². The van der Waals surface area contributed by atoms with E-state index in [9.17, 15) is 17.6 Å². The van der Waals surface area contributed by atoms with Crippen molar-refractivity contribution >= 4 is 0 Å². The average molecular weight is 529 g/mol. The highest BCUT2D eigenvalue weighted by atomic mass is 19.3. The van der Waals surface area contributed by atoms with Gasteiger partial charge in [-0.25, -0.2) is 9.97 Å². The number of halogens is 4. The Hall–Kier alpha value is -2.26. The molecule has 0 fully saturated rings. The lowest BCUT2D eigenvalue weighted by molar-refractivity contribution is -0.408. The van der Waals surface area contributed by atoms with Crippen molar-refractivity contribution in [1.82, 2.24) is 9.97 Å². The van der Waals surface area contributed by atoms with Crippen LogP contribution in [0.4, 0.5) is 17.6 Å². The molecule has 1 aromatic heterocycles. The number of aryl methyl sites for hydroxylation is 1. The van der Waals surface area contributed by atoms with E-state index < -0.39 is 24.6 Å². The molecule has 0 aliphatic carbocycles. The minimum atomic E-state index is -4.86. The van der Waals surface area contributed by atoms with Crippen molar-refractivity contribution < 1.29 is 31.8 Å². The third-order valence-electron chi connectivity index (χ3n) is 5.87. The molecule has 0 amide bonds. The highest BCUT2D eigenvalue weighted by Crippen LogP contribution is 2.37. The second-order valence-corrected chi connectivity index (χ2v) is 9.11. The number of alkyl halides is 4. The number of rotatable bonds is 20. The minimum Gasteiger partial charge on any atom is -0.426 e. The van der Waals surface area contributed by atoms with Gasteiger partial charge in [-0.05, 0) is 49.1 Å². The molecular weight excluding hydrogens is 488 g/mol. The predicted molar refractivity (Wildman–Crippen MR) is 136 cm³/mol. The average Bonchev–Trinajstić information content (AvgIpc) is 2.88. The van der Waals surface area contributed by atoms with Crippen LogP contribution in [0.2, 0.25) is 0 Å². The van der Waals surface area contributed by atoms with E-state index in [1.807, 2.05) is 0 Å². The second-order valence-electron chi connectivity index (χ2n) is 9.11. The summed E-state index contributed by atoms with van der Waals surface area (Å²) < 4.78 is 69.6. The predicted octanol–water partition coefficient (Wildman–Crippen LogP) is 8.22. The van der Waals surface area contributed by atoms with Crippen molar-refractivity contribution in [3.8, 4) is 17.1 Å². The van der Waals surface area contributed by atoms with Crippen molar-refractivity contribution in [2.24, 2.45) is 0 Å². The lowest BCUT2D eigenvalue weighted by Crippen LogP contribution is -2.47. The molecule has 0 aliphatic heterocycles. The molecule has 1 aromatic carbocycles. The first-order valence-corrected chi connectivity index (χ1v) is 13.4. The maximum Gasteiger partial charge on any atom is 0.494 e. The van der Waals surface area contributed by atoms with Gasteiger partial charge in [0.1, 0.15) is 5.75 Å². The van der Waals surface area contributed by atoms with Gasteiger partial charge in [0, 0.05) is 24.6 Å². The topological polar surface area (TPSA) is 53.5 Å². The van der Waals surface area contributed by atoms with Crippen molar-refractivity contribution in [3.05, 3.63) is 42.2 Å². The van der Waals surface area contributed by atoms with Crippen LogP contribution < -0.4 is 4.74 Å². The Morgan fingerprint density at radius 3 is 1.92 bits per heavy atom. The van der Waals surface area contributed by atoms with Gasteiger partial charge in [0.25, 0.3) is 0 Å². The summed E-state index contributed by atoms with van der Waals surface area (Å²) in [5.41, 5.74) is 1.59. The normalized spacial score (nSPS) is 12.2. The van der Waals surface area contributed by atoms with Crippen LogP contribution in [0.25, 0.3) is 11.4 Å². The van der Waals surface area contributed by atoms with E-state index >= 15 is 0 Å². The molecule has 1 heterocycles. The molecule has 0 bridgehead atoms. The minimum absolute atomic E-state index is 0.204. The number of unbranched alkanes of at least 4 members (excludes halogenated alkanes) is 8. The molecule has 5 nitrogen and oxygen atoms in total. The van der Waals surface area contributed by atoms with Gasteiger partial charge in [0.2, 0.25) is 0 Å². The van der Waals surface area contributed by atoms with Gasteiger partial charge in [-0.3, -0.25) is 0 Å². The number of ether oxygens (including phenoxy) is 3. The standard InChI is InChI=1S/C28H40F4N2O3/c1-3-5-7-9-10-11-13-23-21-33-26(34-22-23)24-14-16-25(17-15-24)37-28(31,32)27(29,30)36-20-19-35-18-12-8-6-4-2/h14-17,21-22H,3-13,18-20H2,1-2H3. The first-order valence-electron chi connectivity index (χ1n) is 13.4. The zero-order valence-electron chi connectivity index (χ0n) is 22.0. The summed E-state index contributed by atoms with van der Waals surface area (Å²) in [7, 11) is 0. The van der Waals surface area contributed by atoms with Crippen molar-refractivity contribution in [2.75, 3.05) is 19.8 Å². The van der Waals surface area contributed by atoms with Gasteiger partial charge >= 0.3 is 12.2 Å². The largest absolute Gasteiger partial charge is 0.494 e. The van der Waals surface area contributed by atoms with Gasteiger partial charge in [-0.1, -0.05) is 65.2 Å². The Morgan fingerprint density at radius 2 is 1.27 bits per heavy atom. The Kier molecular flexibility index (Phi) is 13.9. The zero-order valence-corrected chi connectivity index (χ0v) is 22.0. The first kappa shape index (κ1) is 31.0. The molecule has 0 radical (unpaired) electrons. The molecule has 9 heteroatoms.